The number of carbonyl (C=O) groups is 3. The zero-order valence-corrected chi connectivity index (χ0v) is 29.4. The number of hydrogen-bond acceptors (Lipinski definition) is 5. The molecule has 8 nitrogen and oxygen atoms in total. The fourth-order valence-corrected chi connectivity index (χ4v) is 6.02. The normalized spacial score (nSPS) is 13.3. The molecule has 5 rings (SSSR count). The summed E-state index contributed by atoms with van der Waals surface area (Å²) < 4.78 is 5.99. The van der Waals surface area contributed by atoms with Crippen LogP contribution in [-0.2, 0) is 21.4 Å². The van der Waals surface area contributed by atoms with Gasteiger partial charge in [-0.3, -0.25) is 14.4 Å². The summed E-state index contributed by atoms with van der Waals surface area (Å²) in [6, 6.07) is 25.4. The maximum Gasteiger partial charge on any atom is 0.290 e. The second kappa shape index (κ2) is 18.2. The van der Waals surface area contributed by atoms with Gasteiger partial charge in [0.2, 0.25) is 5.91 Å². The summed E-state index contributed by atoms with van der Waals surface area (Å²) >= 11 is 0. The maximum absolute atomic E-state index is 13.5. The van der Waals surface area contributed by atoms with Gasteiger partial charge in [-0.2, -0.15) is 0 Å². The highest BCUT2D eigenvalue weighted by Crippen LogP contribution is 2.26. The molecule has 8 heteroatoms. The molecule has 1 fully saturated rings. The Balaban J connectivity index is 0.00000174. The minimum Gasteiger partial charge on any atom is -0.494 e. The highest BCUT2D eigenvalue weighted by molar-refractivity contribution is 5.97. The molecule has 3 aromatic carbocycles. The zero-order chi connectivity index (χ0) is 35.2. The standard InChI is InChI=1S/C40H49N3O3.CH2O2/c1-5-6-7-8-11-26-46-34-21-23-36-32(28-34)18-22-35(41-36)30-14-12-29(13-15-30)27-37(39(45)43-24-9-10-25-43)42-38(44)31-16-19-33(20-17-31)40(2,3)4;2-1-3/h12-23,28,37H,5-11,24-27H2,1-4H3,(H,42,44);1H,(H,2,3). The summed E-state index contributed by atoms with van der Waals surface area (Å²) in [5.41, 5.74) is 5.53. The second-order valence-electron chi connectivity index (χ2n) is 13.7. The van der Waals surface area contributed by atoms with Crippen molar-refractivity contribution >= 4 is 29.2 Å². The number of nitrogens with one attached hydrogen (secondary N) is 1. The highest BCUT2D eigenvalue weighted by atomic mass is 16.5. The summed E-state index contributed by atoms with van der Waals surface area (Å²) in [6.45, 7) is 10.7. The van der Waals surface area contributed by atoms with E-state index in [-0.39, 0.29) is 23.7 Å². The number of amides is 2. The predicted octanol–water partition coefficient (Wildman–Crippen LogP) is 8.21. The number of carboxylic acid groups (broad SMARTS) is 1. The number of carbonyl (C=O) groups excluding carboxylic acids is 2. The Morgan fingerprint density at radius 3 is 2.24 bits per heavy atom. The first-order valence-electron chi connectivity index (χ1n) is 17.5. The van der Waals surface area contributed by atoms with Crippen molar-refractivity contribution in [1.29, 1.82) is 0 Å². The monoisotopic (exact) mass is 665 g/mol. The van der Waals surface area contributed by atoms with E-state index < -0.39 is 6.04 Å². The lowest BCUT2D eigenvalue weighted by atomic mass is 9.86. The molecule has 2 heterocycles. The smallest absolute Gasteiger partial charge is 0.290 e. The summed E-state index contributed by atoms with van der Waals surface area (Å²) in [5, 5.41) is 11.0. The van der Waals surface area contributed by atoms with Gasteiger partial charge in [-0.05, 0) is 72.2 Å². The number of ether oxygens (including phenoxy) is 1. The molecule has 0 spiro atoms. The Morgan fingerprint density at radius 2 is 1.59 bits per heavy atom. The summed E-state index contributed by atoms with van der Waals surface area (Å²) in [5.74, 6) is 0.640. The lowest BCUT2D eigenvalue weighted by molar-refractivity contribution is -0.132. The fraction of sp³-hybridized carbons (Fsp3) is 0.415. The van der Waals surface area contributed by atoms with Gasteiger partial charge in [0.15, 0.2) is 0 Å². The molecule has 0 radical (unpaired) electrons. The van der Waals surface area contributed by atoms with E-state index in [9.17, 15) is 9.59 Å². The largest absolute Gasteiger partial charge is 0.494 e. The molecule has 1 atom stereocenters. The Labute approximate surface area is 290 Å². The summed E-state index contributed by atoms with van der Waals surface area (Å²) in [7, 11) is 0. The quantitative estimate of drug-likeness (QED) is 0.110. The number of benzene rings is 3. The van der Waals surface area contributed by atoms with Crippen LogP contribution in [0.4, 0.5) is 0 Å². The molecule has 260 valence electrons. The zero-order valence-electron chi connectivity index (χ0n) is 29.4. The van der Waals surface area contributed by atoms with Gasteiger partial charge in [0, 0.05) is 36.0 Å². The van der Waals surface area contributed by atoms with Crippen molar-refractivity contribution in [3.63, 3.8) is 0 Å². The van der Waals surface area contributed by atoms with Gasteiger partial charge in [0.05, 0.1) is 17.8 Å². The SMILES string of the molecule is CCCCCCCOc1ccc2nc(-c3ccc(CC(NC(=O)c4ccc(C(C)(C)C)cc4)C(=O)N4CCCC4)cc3)ccc2c1.O=CO. The molecule has 1 unspecified atom stereocenters. The van der Waals surface area contributed by atoms with E-state index in [1.165, 1.54) is 25.7 Å². The first-order valence-corrected chi connectivity index (χ1v) is 17.5. The van der Waals surface area contributed by atoms with E-state index >= 15 is 0 Å². The number of pyridine rings is 1. The van der Waals surface area contributed by atoms with Crippen molar-refractivity contribution < 1.29 is 24.2 Å². The molecule has 2 N–H and O–H groups in total. The van der Waals surface area contributed by atoms with Crippen LogP contribution in [0.2, 0.25) is 0 Å². The number of unbranched alkanes of at least 4 members (excludes halogenated alkanes) is 4. The van der Waals surface area contributed by atoms with Crippen molar-refractivity contribution in [2.24, 2.45) is 0 Å². The average Bonchev–Trinajstić information content (AvgIpc) is 3.65. The van der Waals surface area contributed by atoms with E-state index in [0.717, 1.165) is 78.0 Å². The van der Waals surface area contributed by atoms with Crippen molar-refractivity contribution in [2.45, 2.75) is 90.5 Å². The van der Waals surface area contributed by atoms with E-state index in [1.54, 1.807) is 0 Å². The van der Waals surface area contributed by atoms with Gasteiger partial charge in [-0.1, -0.05) is 95.8 Å². The molecule has 1 aromatic heterocycles. The third kappa shape index (κ3) is 10.9. The van der Waals surface area contributed by atoms with Crippen LogP contribution in [0, 0.1) is 0 Å². The molecule has 1 aliphatic heterocycles. The summed E-state index contributed by atoms with van der Waals surface area (Å²) in [6.07, 6.45) is 8.52. The average molecular weight is 666 g/mol. The lowest BCUT2D eigenvalue weighted by Crippen LogP contribution is -2.49. The molecule has 49 heavy (non-hydrogen) atoms. The van der Waals surface area contributed by atoms with E-state index in [4.69, 9.17) is 19.6 Å². The predicted molar refractivity (Wildman–Crippen MR) is 196 cm³/mol. The van der Waals surface area contributed by atoms with Crippen LogP contribution in [0.3, 0.4) is 0 Å². The number of fused-ring (bicyclic) bond motifs is 1. The van der Waals surface area contributed by atoms with E-state index in [1.807, 2.05) is 71.6 Å². The third-order valence-electron chi connectivity index (χ3n) is 8.90. The highest BCUT2D eigenvalue weighted by Gasteiger charge is 2.28. The number of rotatable bonds is 13. The van der Waals surface area contributed by atoms with E-state index in [2.05, 4.69) is 45.1 Å². The van der Waals surface area contributed by atoms with Gasteiger partial charge in [-0.15, -0.1) is 0 Å². The topological polar surface area (TPSA) is 109 Å². The van der Waals surface area contributed by atoms with Gasteiger partial charge in [0.25, 0.3) is 12.4 Å². The van der Waals surface area contributed by atoms with Gasteiger partial charge in [0.1, 0.15) is 11.8 Å². The van der Waals surface area contributed by atoms with Crippen LogP contribution in [0.5, 0.6) is 5.75 Å². The summed E-state index contributed by atoms with van der Waals surface area (Å²) in [4.78, 5) is 42.0. The Kier molecular flexibility index (Phi) is 13.7. The van der Waals surface area contributed by atoms with E-state index in [0.29, 0.717) is 12.0 Å². The fourth-order valence-electron chi connectivity index (χ4n) is 6.02. The van der Waals surface area contributed by atoms with Crippen molar-refractivity contribution in [1.82, 2.24) is 15.2 Å². The van der Waals surface area contributed by atoms with Crippen LogP contribution >= 0.6 is 0 Å². The minimum absolute atomic E-state index is 0.00321. The van der Waals surface area contributed by atoms with Crippen LogP contribution in [0.1, 0.15) is 94.1 Å². The maximum atomic E-state index is 13.5. The lowest BCUT2D eigenvalue weighted by Gasteiger charge is -2.24. The number of nitrogens with zero attached hydrogens (tertiary/aromatic N) is 2. The molecule has 1 aliphatic rings. The molecule has 0 saturated carbocycles. The van der Waals surface area contributed by atoms with Crippen LogP contribution in [-0.4, -0.2) is 59.0 Å². The number of likely N-dealkylation sites (tertiary alicyclic amines) is 1. The van der Waals surface area contributed by atoms with Gasteiger partial charge in [-0.25, -0.2) is 4.98 Å². The molecule has 2 amide bonds. The Hall–Kier alpha value is -4.72. The van der Waals surface area contributed by atoms with Crippen molar-refractivity contribution in [3.05, 3.63) is 95.6 Å². The molecule has 4 aromatic rings. The van der Waals surface area contributed by atoms with Crippen molar-refractivity contribution in [3.8, 4) is 17.0 Å². The molecule has 0 aliphatic carbocycles. The molecule has 0 bridgehead atoms. The number of aromatic nitrogens is 1. The van der Waals surface area contributed by atoms with Crippen LogP contribution in [0.25, 0.3) is 22.2 Å². The van der Waals surface area contributed by atoms with Gasteiger partial charge >= 0.3 is 0 Å². The van der Waals surface area contributed by atoms with Crippen molar-refractivity contribution in [2.75, 3.05) is 19.7 Å². The molecular weight excluding hydrogens is 614 g/mol. The molecule has 1 saturated heterocycles. The van der Waals surface area contributed by atoms with Crippen LogP contribution in [0.15, 0.2) is 78.9 Å². The Bertz CT molecular complexity index is 1660. The first-order chi connectivity index (χ1) is 23.6. The first kappa shape index (κ1) is 37.1. The van der Waals surface area contributed by atoms with Gasteiger partial charge < -0.3 is 20.1 Å². The number of hydrogen-bond donors (Lipinski definition) is 2. The van der Waals surface area contributed by atoms with Crippen LogP contribution < -0.4 is 10.1 Å². The third-order valence-corrected chi connectivity index (χ3v) is 8.90. The molecular formula is C41H51N3O5. The second-order valence-corrected chi connectivity index (χ2v) is 13.7. The Morgan fingerprint density at radius 1 is 0.918 bits per heavy atom. The minimum atomic E-state index is -0.634.